The third kappa shape index (κ3) is 8.91. The predicted octanol–water partition coefficient (Wildman–Crippen LogP) is 9.32. The van der Waals surface area contributed by atoms with Crippen LogP contribution in [0.3, 0.4) is 0 Å². The van der Waals surface area contributed by atoms with E-state index >= 15 is 0 Å². The van der Waals surface area contributed by atoms with Gasteiger partial charge in [0, 0.05) is 0 Å². The van der Waals surface area contributed by atoms with Crippen molar-refractivity contribution in [3.63, 3.8) is 0 Å². The molecule has 0 N–H and O–H groups in total. The SMILES string of the molecule is CCCCC(CC)(CCCC)CCC(CC)(CCCC)CCCC. The van der Waals surface area contributed by atoms with Crippen LogP contribution in [-0.4, -0.2) is 0 Å². The molecule has 0 fully saturated rings. The number of rotatable bonds is 17. The molecule has 0 saturated carbocycles. The third-order valence-electron chi connectivity index (χ3n) is 6.93. The van der Waals surface area contributed by atoms with Gasteiger partial charge in [0.05, 0.1) is 0 Å². The first-order valence-electron chi connectivity index (χ1n) is 11.6. The molecule has 0 bridgehead atoms. The zero-order valence-electron chi connectivity index (χ0n) is 18.3. The molecule has 0 aromatic carbocycles. The fourth-order valence-electron chi connectivity index (χ4n) is 4.55. The maximum atomic E-state index is 2.47. The maximum absolute atomic E-state index is 2.47. The van der Waals surface area contributed by atoms with Gasteiger partial charge in [-0.3, -0.25) is 0 Å². The van der Waals surface area contributed by atoms with Crippen LogP contribution in [0.5, 0.6) is 0 Å². The minimum atomic E-state index is 0.644. The lowest BCUT2D eigenvalue weighted by molar-refractivity contribution is 0.121. The highest BCUT2D eigenvalue weighted by Gasteiger charge is 2.33. The van der Waals surface area contributed by atoms with Gasteiger partial charge < -0.3 is 0 Å². The van der Waals surface area contributed by atoms with Crippen molar-refractivity contribution in [2.75, 3.05) is 0 Å². The van der Waals surface area contributed by atoms with Crippen LogP contribution in [0.25, 0.3) is 0 Å². The van der Waals surface area contributed by atoms with Crippen LogP contribution in [0.4, 0.5) is 0 Å². The van der Waals surface area contributed by atoms with Gasteiger partial charge in [0.25, 0.3) is 0 Å². The van der Waals surface area contributed by atoms with Gasteiger partial charge in [0.2, 0.25) is 0 Å². The fourth-order valence-corrected chi connectivity index (χ4v) is 4.55. The number of hydrogen-bond donors (Lipinski definition) is 0. The molecule has 0 aliphatic carbocycles. The Labute approximate surface area is 155 Å². The Bertz CT molecular complexity index is 221. The number of hydrogen-bond acceptors (Lipinski definition) is 0. The average molecular weight is 339 g/mol. The smallest absolute Gasteiger partial charge is 0.0300 e. The summed E-state index contributed by atoms with van der Waals surface area (Å²) in [7, 11) is 0. The Kier molecular flexibility index (Phi) is 14.2. The molecule has 0 aromatic heterocycles. The largest absolute Gasteiger partial charge is 0.0654 e. The zero-order valence-corrected chi connectivity index (χ0v) is 18.3. The molecule has 0 atom stereocenters. The molecule has 146 valence electrons. The molecular formula is C24H50. The van der Waals surface area contributed by atoms with E-state index in [4.69, 9.17) is 0 Å². The first kappa shape index (κ1) is 24.0. The molecule has 0 saturated heterocycles. The van der Waals surface area contributed by atoms with Crippen molar-refractivity contribution in [3.05, 3.63) is 0 Å². The molecule has 0 unspecified atom stereocenters. The van der Waals surface area contributed by atoms with Crippen LogP contribution >= 0.6 is 0 Å². The average Bonchev–Trinajstić information content (AvgIpc) is 2.63. The van der Waals surface area contributed by atoms with Crippen molar-refractivity contribution in [1.82, 2.24) is 0 Å². The van der Waals surface area contributed by atoms with Crippen molar-refractivity contribution in [1.29, 1.82) is 0 Å². The van der Waals surface area contributed by atoms with Gasteiger partial charge in [-0.2, -0.15) is 0 Å². The summed E-state index contributed by atoms with van der Waals surface area (Å²) in [4.78, 5) is 0. The fraction of sp³-hybridized carbons (Fsp3) is 1.00. The van der Waals surface area contributed by atoms with E-state index in [1.54, 1.807) is 0 Å². The molecule has 0 nitrogen and oxygen atoms in total. The van der Waals surface area contributed by atoms with Crippen LogP contribution in [0.15, 0.2) is 0 Å². The Hall–Kier alpha value is 0. The lowest BCUT2D eigenvalue weighted by atomic mass is 9.66. The van der Waals surface area contributed by atoms with E-state index in [0.717, 1.165) is 0 Å². The van der Waals surface area contributed by atoms with Gasteiger partial charge in [-0.1, -0.05) is 106 Å². The molecule has 0 heterocycles. The first-order valence-corrected chi connectivity index (χ1v) is 11.6. The summed E-state index contributed by atoms with van der Waals surface area (Å²) in [5.74, 6) is 0. The lowest BCUT2D eigenvalue weighted by Crippen LogP contribution is -2.27. The minimum Gasteiger partial charge on any atom is -0.0654 e. The van der Waals surface area contributed by atoms with Crippen molar-refractivity contribution >= 4 is 0 Å². The van der Waals surface area contributed by atoms with Crippen LogP contribution in [0.2, 0.25) is 0 Å². The van der Waals surface area contributed by atoms with E-state index < -0.39 is 0 Å². The van der Waals surface area contributed by atoms with Crippen LogP contribution in [-0.2, 0) is 0 Å². The molecule has 0 aliphatic heterocycles. The molecule has 0 spiro atoms. The Morgan fingerprint density at radius 2 is 0.625 bits per heavy atom. The highest BCUT2D eigenvalue weighted by Crippen LogP contribution is 2.46. The molecule has 24 heavy (non-hydrogen) atoms. The molecule has 0 heteroatoms. The van der Waals surface area contributed by atoms with Gasteiger partial charge >= 0.3 is 0 Å². The molecule has 0 radical (unpaired) electrons. The predicted molar refractivity (Wildman–Crippen MR) is 113 cm³/mol. The summed E-state index contributed by atoms with van der Waals surface area (Å²) in [6, 6.07) is 0. The van der Waals surface area contributed by atoms with Gasteiger partial charge in [-0.05, 0) is 49.4 Å². The van der Waals surface area contributed by atoms with Gasteiger partial charge in [-0.25, -0.2) is 0 Å². The molecule has 0 aliphatic rings. The van der Waals surface area contributed by atoms with Crippen LogP contribution in [0, 0.1) is 10.8 Å². The quantitative estimate of drug-likeness (QED) is 0.248. The first-order chi connectivity index (χ1) is 11.6. The van der Waals surface area contributed by atoms with Gasteiger partial charge in [-0.15, -0.1) is 0 Å². The normalized spacial score (nSPS) is 12.8. The summed E-state index contributed by atoms with van der Waals surface area (Å²) in [5, 5.41) is 0. The highest BCUT2D eigenvalue weighted by molar-refractivity contribution is 4.85. The Balaban J connectivity index is 5.02. The summed E-state index contributed by atoms with van der Waals surface area (Å²) in [5.41, 5.74) is 1.29. The summed E-state index contributed by atoms with van der Waals surface area (Å²) < 4.78 is 0. The summed E-state index contributed by atoms with van der Waals surface area (Å²) in [6.07, 6.45) is 22.8. The highest BCUT2D eigenvalue weighted by atomic mass is 14.4. The number of unbranched alkanes of at least 4 members (excludes halogenated alkanes) is 4. The monoisotopic (exact) mass is 338 g/mol. The summed E-state index contributed by atoms with van der Waals surface area (Å²) >= 11 is 0. The minimum absolute atomic E-state index is 0.644. The molecule has 0 rings (SSSR count). The second-order valence-electron chi connectivity index (χ2n) is 8.62. The van der Waals surface area contributed by atoms with Gasteiger partial charge in [0.1, 0.15) is 0 Å². The van der Waals surface area contributed by atoms with Crippen molar-refractivity contribution in [2.24, 2.45) is 10.8 Å². The second-order valence-corrected chi connectivity index (χ2v) is 8.62. The van der Waals surface area contributed by atoms with E-state index in [9.17, 15) is 0 Å². The standard InChI is InChI=1S/C24H50/c1-7-13-17-23(11-5,18-14-8-2)21-22-24(12-6,19-15-9-3)20-16-10-4/h7-22H2,1-6H3. The Morgan fingerprint density at radius 1 is 0.375 bits per heavy atom. The van der Waals surface area contributed by atoms with Crippen molar-refractivity contribution in [2.45, 2.75) is 144 Å². The molecule has 0 amide bonds. The van der Waals surface area contributed by atoms with E-state index in [1.807, 2.05) is 0 Å². The third-order valence-corrected chi connectivity index (χ3v) is 6.93. The lowest BCUT2D eigenvalue weighted by Gasteiger charge is -2.40. The zero-order chi connectivity index (χ0) is 18.3. The van der Waals surface area contributed by atoms with E-state index in [1.165, 1.54) is 103 Å². The van der Waals surface area contributed by atoms with Crippen molar-refractivity contribution in [3.8, 4) is 0 Å². The van der Waals surface area contributed by atoms with Crippen LogP contribution in [0.1, 0.15) is 144 Å². The van der Waals surface area contributed by atoms with Gasteiger partial charge in [0.15, 0.2) is 0 Å². The van der Waals surface area contributed by atoms with E-state index in [0.29, 0.717) is 10.8 Å². The molecule has 0 aromatic rings. The van der Waals surface area contributed by atoms with E-state index in [-0.39, 0.29) is 0 Å². The summed E-state index contributed by atoms with van der Waals surface area (Å²) in [6.45, 7) is 14.4. The van der Waals surface area contributed by atoms with Crippen LogP contribution < -0.4 is 0 Å². The van der Waals surface area contributed by atoms with Crippen molar-refractivity contribution < 1.29 is 0 Å². The Morgan fingerprint density at radius 3 is 0.792 bits per heavy atom. The topological polar surface area (TPSA) is 0 Å². The molecular weight excluding hydrogens is 288 g/mol. The maximum Gasteiger partial charge on any atom is -0.0300 e. The van der Waals surface area contributed by atoms with E-state index in [2.05, 4.69) is 41.5 Å². The second kappa shape index (κ2) is 14.2.